The fraction of sp³-hybridized carbons (Fsp3) is 0.357. The van der Waals surface area contributed by atoms with Gasteiger partial charge in [0.2, 0.25) is 17.7 Å². The lowest BCUT2D eigenvalue weighted by atomic mass is 10.0. The van der Waals surface area contributed by atoms with Gasteiger partial charge in [0, 0.05) is 60.1 Å². The minimum Gasteiger partial charge on any atom is -0.480 e. The Labute approximate surface area is 240 Å². The lowest BCUT2D eigenvalue weighted by Gasteiger charge is -2.25. The van der Waals surface area contributed by atoms with Crippen LogP contribution in [0.3, 0.4) is 0 Å². The fourth-order valence-electron chi connectivity index (χ4n) is 5.10. The molecule has 1 saturated heterocycles. The summed E-state index contributed by atoms with van der Waals surface area (Å²) >= 11 is 0. The number of H-pyrrole nitrogens is 3. The number of para-hydroxylation sites is 1. The summed E-state index contributed by atoms with van der Waals surface area (Å²) < 4.78 is 0. The van der Waals surface area contributed by atoms with Crippen LogP contribution in [0, 0.1) is 0 Å². The van der Waals surface area contributed by atoms with Crippen LogP contribution in [0.5, 0.6) is 0 Å². The first-order valence-electron chi connectivity index (χ1n) is 13.7. The highest BCUT2D eigenvalue weighted by atomic mass is 16.4. The summed E-state index contributed by atoms with van der Waals surface area (Å²) in [4.78, 5) is 69.1. The Morgan fingerprint density at radius 2 is 1.50 bits per heavy atom. The molecule has 0 spiro atoms. The first-order chi connectivity index (χ1) is 20.4. The summed E-state index contributed by atoms with van der Waals surface area (Å²) in [6.07, 6.45) is 9.37. The Hall–Kier alpha value is -4.98. The molecule has 0 radical (unpaired) electrons. The van der Waals surface area contributed by atoms with Crippen LogP contribution in [0.25, 0.3) is 10.9 Å². The van der Waals surface area contributed by atoms with E-state index in [1.807, 2.05) is 24.3 Å². The Morgan fingerprint density at radius 1 is 0.857 bits per heavy atom. The molecule has 0 saturated carbocycles. The van der Waals surface area contributed by atoms with E-state index < -0.39 is 42.0 Å². The number of fused-ring (bicyclic) bond motifs is 1. The maximum Gasteiger partial charge on any atom is 0.326 e. The number of carbonyl (C=O) groups excluding carboxylic acids is 3. The molecule has 1 aliphatic heterocycles. The van der Waals surface area contributed by atoms with Crippen molar-refractivity contribution in [3.63, 3.8) is 0 Å². The van der Waals surface area contributed by atoms with Gasteiger partial charge in [0.15, 0.2) is 0 Å². The molecule has 0 bridgehead atoms. The van der Waals surface area contributed by atoms with E-state index in [2.05, 4.69) is 46.2 Å². The van der Waals surface area contributed by atoms with E-state index in [0.717, 1.165) is 22.9 Å². The van der Waals surface area contributed by atoms with E-state index in [1.165, 1.54) is 18.9 Å². The average molecular weight is 576 g/mol. The number of nitrogens with zero attached hydrogens (tertiary/aromatic N) is 2. The first-order valence-corrected chi connectivity index (χ1v) is 13.7. The van der Waals surface area contributed by atoms with Crippen molar-refractivity contribution in [2.45, 2.75) is 56.3 Å². The first kappa shape index (κ1) is 28.5. The van der Waals surface area contributed by atoms with Crippen molar-refractivity contribution in [2.75, 3.05) is 6.54 Å². The Bertz CT molecular complexity index is 1510. The number of benzene rings is 1. The van der Waals surface area contributed by atoms with Crippen molar-refractivity contribution < 1.29 is 24.3 Å². The zero-order valence-corrected chi connectivity index (χ0v) is 22.7. The van der Waals surface area contributed by atoms with Gasteiger partial charge in [-0.05, 0) is 31.0 Å². The predicted molar refractivity (Wildman–Crippen MR) is 151 cm³/mol. The number of nitrogens with one attached hydrogen (secondary N) is 7. The molecule has 4 heterocycles. The maximum absolute atomic E-state index is 13.6. The molecule has 1 aromatic carbocycles. The van der Waals surface area contributed by atoms with Crippen LogP contribution >= 0.6 is 0 Å². The fourth-order valence-corrected chi connectivity index (χ4v) is 5.10. The number of aliphatic carboxylic acids is 1. The molecular weight excluding hydrogens is 542 g/mol. The van der Waals surface area contributed by atoms with E-state index in [-0.39, 0.29) is 25.2 Å². The van der Waals surface area contributed by atoms with Crippen molar-refractivity contribution >= 4 is 34.6 Å². The van der Waals surface area contributed by atoms with Gasteiger partial charge in [-0.1, -0.05) is 18.2 Å². The molecule has 8 N–H and O–H groups in total. The van der Waals surface area contributed by atoms with Crippen molar-refractivity contribution in [3.8, 4) is 0 Å². The van der Waals surface area contributed by atoms with Crippen LogP contribution in [-0.2, 0) is 38.4 Å². The number of hydrogen-bond donors (Lipinski definition) is 8. The van der Waals surface area contributed by atoms with Crippen LogP contribution in [0.1, 0.15) is 29.8 Å². The van der Waals surface area contributed by atoms with E-state index in [1.54, 1.807) is 12.4 Å². The second-order valence-corrected chi connectivity index (χ2v) is 10.3. The number of imidazole rings is 2. The van der Waals surface area contributed by atoms with Gasteiger partial charge in [-0.25, -0.2) is 14.8 Å². The molecule has 14 nitrogen and oxygen atoms in total. The van der Waals surface area contributed by atoms with E-state index in [4.69, 9.17) is 0 Å². The van der Waals surface area contributed by atoms with Crippen molar-refractivity contribution in [1.29, 1.82) is 0 Å². The van der Waals surface area contributed by atoms with Crippen LogP contribution in [0.2, 0.25) is 0 Å². The third kappa shape index (κ3) is 7.01. The summed E-state index contributed by atoms with van der Waals surface area (Å²) in [6.45, 7) is 0.714. The normalized spacial score (nSPS) is 16.9. The van der Waals surface area contributed by atoms with Crippen LogP contribution < -0.4 is 21.3 Å². The van der Waals surface area contributed by atoms with Gasteiger partial charge < -0.3 is 41.3 Å². The lowest BCUT2D eigenvalue weighted by molar-refractivity contribution is -0.142. The third-order valence-corrected chi connectivity index (χ3v) is 7.31. The largest absolute Gasteiger partial charge is 0.480 e. The van der Waals surface area contributed by atoms with Gasteiger partial charge in [0.25, 0.3) is 0 Å². The summed E-state index contributed by atoms with van der Waals surface area (Å²) in [5.74, 6) is -2.81. The predicted octanol–water partition coefficient (Wildman–Crippen LogP) is -0.0670. The van der Waals surface area contributed by atoms with Crippen LogP contribution in [-0.4, -0.2) is 84.4 Å². The highest BCUT2D eigenvalue weighted by Gasteiger charge is 2.32. The molecule has 14 heteroatoms. The Morgan fingerprint density at radius 3 is 2.10 bits per heavy atom. The topological polar surface area (TPSA) is 210 Å². The molecule has 5 rings (SSSR count). The van der Waals surface area contributed by atoms with Gasteiger partial charge in [0.05, 0.1) is 18.7 Å². The number of carbonyl (C=O) groups is 4. The number of aromatic amines is 3. The molecule has 4 unspecified atom stereocenters. The molecule has 3 aromatic heterocycles. The molecule has 42 heavy (non-hydrogen) atoms. The minimum atomic E-state index is -1.26. The molecule has 1 fully saturated rings. The second-order valence-electron chi connectivity index (χ2n) is 10.3. The number of carboxylic acid groups (broad SMARTS) is 1. The molecule has 4 atom stereocenters. The highest BCUT2D eigenvalue weighted by molar-refractivity contribution is 5.94. The van der Waals surface area contributed by atoms with Crippen LogP contribution in [0.15, 0.2) is 55.5 Å². The second kappa shape index (κ2) is 13.1. The Balaban J connectivity index is 1.33. The number of hydrogen-bond acceptors (Lipinski definition) is 7. The lowest BCUT2D eigenvalue weighted by Crippen LogP contribution is -2.58. The standard InChI is InChI=1S/C28H33N9O5/c38-25(21-6-3-7-31-21)35-22(9-17-12-29-14-33-17)26(39)36-23(10-18-13-30-15-34-18)27(40)37-24(28(41)42)8-16-11-32-20-5-2-1-4-19(16)20/h1-2,4-5,11-15,21-24,31-32H,3,6-10H2,(H,29,33)(H,30,34)(H,35,38)(H,36,39)(H,37,40)(H,41,42). The number of carboxylic acids is 1. The van der Waals surface area contributed by atoms with Gasteiger partial charge in [-0.3, -0.25) is 14.4 Å². The zero-order valence-electron chi connectivity index (χ0n) is 22.7. The molecule has 220 valence electrons. The maximum atomic E-state index is 13.6. The van der Waals surface area contributed by atoms with Crippen molar-refractivity contribution in [2.24, 2.45) is 0 Å². The van der Waals surface area contributed by atoms with Crippen LogP contribution in [0.4, 0.5) is 0 Å². The summed E-state index contributed by atoms with van der Waals surface area (Å²) in [5.41, 5.74) is 2.76. The summed E-state index contributed by atoms with van der Waals surface area (Å²) in [7, 11) is 0. The summed E-state index contributed by atoms with van der Waals surface area (Å²) in [6, 6.07) is 3.63. The monoisotopic (exact) mass is 575 g/mol. The third-order valence-electron chi connectivity index (χ3n) is 7.31. The van der Waals surface area contributed by atoms with Crippen molar-refractivity contribution in [3.05, 3.63) is 72.5 Å². The van der Waals surface area contributed by atoms with E-state index in [9.17, 15) is 24.3 Å². The highest BCUT2D eigenvalue weighted by Crippen LogP contribution is 2.19. The molecule has 0 aliphatic carbocycles. The number of amides is 3. The summed E-state index contributed by atoms with van der Waals surface area (Å²) in [5, 5.41) is 22.0. The average Bonchev–Trinajstić information content (AvgIpc) is 3.80. The molecular formula is C28H33N9O5. The number of rotatable bonds is 13. The van der Waals surface area contributed by atoms with Gasteiger partial charge >= 0.3 is 5.97 Å². The minimum absolute atomic E-state index is 0.0197. The van der Waals surface area contributed by atoms with Gasteiger partial charge in [-0.15, -0.1) is 0 Å². The Kier molecular flexibility index (Phi) is 8.92. The SMILES string of the molecule is O=C(O)C(Cc1c[nH]c2ccccc12)NC(=O)C(Cc1cnc[nH]1)NC(=O)C(Cc1cnc[nH]1)NC(=O)C1CCCN1. The van der Waals surface area contributed by atoms with Gasteiger partial charge in [0.1, 0.15) is 18.1 Å². The molecule has 1 aliphatic rings. The smallest absolute Gasteiger partial charge is 0.326 e. The van der Waals surface area contributed by atoms with Gasteiger partial charge in [-0.2, -0.15) is 0 Å². The van der Waals surface area contributed by atoms with E-state index >= 15 is 0 Å². The van der Waals surface area contributed by atoms with Crippen molar-refractivity contribution in [1.82, 2.24) is 46.2 Å². The molecule has 3 amide bonds. The quantitative estimate of drug-likeness (QED) is 0.108. The number of aromatic nitrogens is 5. The zero-order chi connectivity index (χ0) is 29.5. The van der Waals surface area contributed by atoms with E-state index in [0.29, 0.717) is 24.4 Å². The molecule has 4 aromatic rings.